The van der Waals surface area contributed by atoms with Gasteiger partial charge in [-0.15, -0.1) is 0 Å². The number of halogens is 1. The highest BCUT2D eigenvalue weighted by Gasteiger charge is 2.06. The van der Waals surface area contributed by atoms with Gasteiger partial charge in [0.05, 0.1) is 0 Å². The van der Waals surface area contributed by atoms with E-state index in [1.165, 1.54) is 6.33 Å². The Morgan fingerprint density at radius 2 is 2.17 bits per heavy atom. The van der Waals surface area contributed by atoms with Crippen molar-refractivity contribution in [2.45, 2.75) is 20.3 Å². The monoisotopic (exact) mass is 272 g/mol. The first-order valence-electron chi connectivity index (χ1n) is 6.15. The van der Waals surface area contributed by atoms with E-state index >= 15 is 0 Å². The van der Waals surface area contributed by atoms with Gasteiger partial charge in [-0.2, -0.15) is 0 Å². The summed E-state index contributed by atoms with van der Waals surface area (Å²) in [5.74, 6) is 1.30. The van der Waals surface area contributed by atoms with Crippen LogP contribution in [0.3, 0.4) is 0 Å². The Hall–Kier alpha value is -1.07. The highest BCUT2D eigenvalue weighted by molar-refractivity contribution is 6.32. The first-order chi connectivity index (χ1) is 8.65. The van der Waals surface area contributed by atoms with Crippen molar-refractivity contribution in [3.8, 4) is 0 Å². The fourth-order valence-electron chi connectivity index (χ4n) is 1.42. The van der Waals surface area contributed by atoms with Crippen LogP contribution in [-0.4, -0.2) is 36.8 Å². The molecule has 1 heterocycles. The van der Waals surface area contributed by atoms with Gasteiger partial charge in [-0.3, -0.25) is 0 Å². The van der Waals surface area contributed by atoms with Crippen LogP contribution in [0.4, 0.5) is 11.5 Å². The van der Waals surface area contributed by atoms with Crippen molar-refractivity contribution in [2.75, 3.05) is 37.4 Å². The second-order valence-corrected chi connectivity index (χ2v) is 4.75. The number of nitrogens with one attached hydrogen (secondary N) is 2. The Balaban J connectivity index is 2.29. The maximum atomic E-state index is 5.95. The van der Waals surface area contributed by atoms with Crippen molar-refractivity contribution < 1.29 is 4.74 Å². The highest BCUT2D eigenvalue weighted by atomic mass is 35.5. The number of aromatic nitrogens is 2. The molecule has 5 nitrogen and oxygen atoms in total. The fraction of sp³-hybridized carbons (Fsp3) is 0.667. The molecule has 18 heavy (non-hydrogen) atoms. The summed E-state index contributed by atoms with van der Waals surface area (Å²) in [5.41, 5.74) is 0.724. The fourth-order valence-corrected chi connectivity index (χ4v) is 1.65. The van der Waals surface area contributed by atoms with E-state index < -0.39 is 0 Å². The van der Waals surface area contributed by atoms with Crippen molar-refractivity contribution in [3.63, 3.8) is 0 Å². The zero-order chi connectivity index (χ0) is 13.4. The molecule has 0 aliphatic rings. The van der Waals surface area contributed by atoms with E-state index in [2.05, 4.69) is 34.4 Å². The van der Waals surface area contributed by atoms with Crippen LogP contribution in [-0.2, 0) is 4.74 Å². The molecule has 1 aromatic heterocycles. The van der Waals surface area contributed by atoms with Gasteiger partial charge in [-0.25, -0.2) is 9.97 Å². The average Bonchev–Trinajstić information content (AvgIpc) is 2.33. The quantitative estimate of drug-likeness (QED) is 0.563. The van der Waals surface area contributed by atoms with Crippen molar-refractivity contribution in [3.05, 3.63) is 11.5 Å². The first kappa shape index (κ1) is 15.0. The molecule has 0 spiro atoms. The molecule has 1 aromatic rings. The summed E-state index contributed by atoms with van der Waals surface area (Å²) >= 11 is 5.95. The Morgan fingerprint density at radius 3 is 2.83 bits per heavy atom. The van der Waals surface area contributed by atoms with Gasteiger partial charge >= 0.3 is 0 Å². The average molecular weight is 273 g/mol. The third kappa shape index (κ3) is 5.06. The zero-order valence-electron chi connectivity index (χ0n) is 11.2. The van der Waals surface area contributed by atoms with E-state index in [0.29, 0.717) is 11.1 Å². The predicted octanol–water partition coefficient (Wildman–Crippen LogP) is 2.65. The summed E-state index contributed by atoms with van der Waals surface area (Å²) in [6.07, 6.45) is 2.37. The number of hydrogen-bond acceptors (Lipinski definition) is 5. The summed E-state index contributed by atoms with van der Waals surface area (Å²) < 4.78 is 5.50. The minimum absolute atomic E-state index is 0.422. The van der Waals surface area contributed by atoms with Crippen LogP contribution in [0.2, 0.25) is 5.15 Å². The minimum atomic E-state index is 0.422. The molecule has 6 heteroatoms. The van der Waals surface area contributed by atoms with Gasteiger partial charge < -0.3 is 15.4 Å². The van der Waals surface area contributed by atoms with Crippen LogP contribution in [0.25, 0.3) is 0 Å². The van der Waals surface area contributed by atoms with Gasteiger partial charge in [-0.1, -0.05) is 25.4 Å². The molecule has 0 aromatic carbocycles. The largest absolute Gasteiger partial charge is 0.383 e. The van der Waals surface area contributed by atoms with Gasteiger partial charge in [0.25, 0.3) is 0 Å². The van der Waals surface area contributed by atoms with Crippen LogP contribution in [0.1, 0.15) is 20.3 Å². The summed E-state index contributed by atoms with van der Waals surface area (Å²) in [6, 6.07) is 0. The molecule has 0 fully saturated rings. The first-order valence-corrected chi connectivity index (χ1v) is 6.52. The molecule has 0 radical (unpaired) electrons. The van der Waals surface area contributed by atoms with Gasteiger partial charge in [0.15, 0.2) is 11.0 Å². The lowest BCUT2D eigenvalue weighted by Crippen LogP contribution is -2.10. The van der Waals surface area contributed by atoms with Crippen LogP contribution < -0.4 is 10.6 Å². The standard InChI is InChI=1S/C12H21ClN4O/c1-9(2)7-18-6-4-5-15-12-10(14-3)11(13)16-8-17-12/h8-9,14H,4-7H2,1-3H3,(H,15,16,17). The summed E-state index contributed by atoms with van der Waals surface area (Å²) in [6.45, 7) is 6.63. The minimum Gasteiger partial charge on any atom is -0.383 e. The number of anilines is 2. The molecule has 0 aliphatic carbocycles. The summed E-state index contributed by atoms with van der Waals surface area (Å²) in [5, 5.41) is 6.62. The highest BCUT2D eigenvalue weighted by Crippen LogP contribution is 2.24. The Bertz CT molecular complexity index is 360. The molecule has 0 aliphatic heterocycles. The Labute approximate surface area is 113 Å². The van der Waals surface area contributed by atoms with E-state index in [0.717, 1.165) is 37.7 Å². The maximum absolute atomic E-state index is 5.95. The normalized spacial score (nSPS) is 10.7. The van der Waals surface area contributed by atoms with Gasteiger partial charge in [0.2, 0.25) is 0 Å². The predicted molar refractivity (Wildman–Crippen MR) is 75.4 cm³/mol. The molecular formula is C12H21ClN4O. The van der Waals surface area contributed by atoms with Crippen LogP contribution >= 0.6 is 11.6 Å². The SMILES string of the molecule is CNc1c(Cl)ncnc1NCCCOCC(C)C. The Morgan fingerprint density at radius 1 is 1.39 bits per heavy atom. The van der Waals surface area contributed by atoms with E-state index in [4.69, 9.17) is 16.3 Å². The zero-order valence-corrected chi connectivity index (χ0v) is 11.9. The molecule has 0 unspecified atom stereocenters. The lowest BCUT2D eigenvalue weighted by atomic mass is 10.2. The van der Waals surface area contributed by atoms with Crippen molar-refractivity contribution in [1.82, 2.24) is 9.97 Å². The Kier molecular flexibility index (Phi) is 6.75. The third-order valence-electron chi connectivity index (χ3n) is 2.26. The van der Waals surface area contributed by atoms with Gasteiger partial charge in [0.1, 0.15) is 12.0 Å². The van der Waals surface area contributed by atoms with Crippen molar-refractivity contribution in [2.24, 2.45) is 5.92 Å². The molecular weight excluding hydrogens is 252 g/mol. The van der Waals surface area contributed by atoms with Crippen LogP contribution in [0, 0.1) is 5.92 Å². The number of hydrogen-bond donors (Lipinski definition) is 2. The lowest BCUT2D eigenvalue weighted by Gasteiger charge is -2.11. The van der Waals surface area contributed by atoms with E-state index in [-0.39, 0.29) is 0 Å². The second kappa shape index (κ2) is 8.11. The number of rotatable bonds is 8. The van der Waals surface area contributed by atoms with E-state index in [1.54, 1.807) is 7.05 Å². The molecule has 2 N–H and O–H groups in total. The van der Waals surface area contributed by atoms with Crippen molar-refractivity contribution in [1.29, 1.82) is 0 Å². The third-order valence-corrected chi connectivity index (χ3v) is 2.55. The lowest BCUT2D eigenvalue weighted by molar-refractivity contribution is 0.110. The summed E-state index contributed by atoms with van der Waals surface area (Å²) in [4.78, 5) is 8.06. The molecule has 0 bridgehead atoms. The van der Waals surface area contributed by atoms with Crippen LogP contribution in [0.5, 0.6) is 0 Å². The molecule has 0 amide bonds. The number of ether oxygens (including phenoxy) is 1. The van der Waals surface area contributed by atoms with Gasteiger partial charge in [0, 0.05) is 26.8 Å². The second-order valence-electron chi connectivity index (χ2n) is 4.39. The molecule has 102 valence electrons. The van der Waals surface area contributed by atoms with E-state index in [1.807, 2.05) is 0 Å². The topological polar surface area (TPSA) is 59.1 Å². The molecule has 1 rings (SSSR count). The maximum Gasteiger partial charge on any atom is 0.157 e. The molecule has 0 atom stereocenters. The number of nitrogens with zero attached hydrogens (tertiary/aromatic N) is 2. The van der Waals surface area contributed by atoms with Crippen LogP contribution in [0.15, 0.2) is 6.33 Å². The smallest absolute Gasteiger partial charge is 0.157 e. The van der Waals surface area contributed by atoms with Crippen molar-refractivity contribution >= 4 is 23.1 Å². The van der Waals surface area contributed by atoms with Gasteiger partial charge in [-0.05, 0) is 12.3 Å². The van der Waals surface area contributed by atoms with E-state index in [9.17, 15) is 0 Å². The molecule has 0 saturated carbocycles. The molecule has 0 saturated heterocycles. The summed E-state index contributed by atoms with van der Waals surface area (Å²) in [7, 11) is 1.79.